The average molecular weight is 297 g/mol. The molecule has 0 aliphatic heterocycles. The molecule has 0 bridgehead atoms. The largest absolute Gasteiger partial charge is 0.481 e. The Morgan fingerprint density at radius 1 is 1.29 bits per heavy atom. The van der Waals surface area contributed by atoms with E-state index in [1.54, 1.807) is 0 Å². The van der Waals surface area contributed by atoms with Crippen LogP contribution in [0, 0.1) is 11.8 Å². The number of ether oxygens (including phenoxy) is 1. The van der Waals surface area contributed by atoms with E-state index in [1.165, 1.54) is 12.8 Å². The van der Waals surface area contributed by atoms with Crippen LogP contribution in [0.4, 0.5) is 0 Å². The van der Waals surface area contributed by atoms with Crippen LogP contribution in [0.5, 0.6) is 0 Å². The molecule has 0 saturated heterocycles. The highest BCUT2D eigenvalue weighted by Gasteiger charge is 2.36. The Kier molecular flexibility index (Phi) is 5.62. The van der Waals surface area contributed by atoms with E-state index >= 15 is 0 Å². The lowest BCUT2D eigenvalue weighted by Gasteiger charge is -2.35. The first-order valence-corrected chi connectivity index (χ1v) is 8.18. The van der Waals surface area contributed by atoms with Crippen LogP contribution in [0.1, 0.15) is 58.8 Å². The van der Waals surface area contributed by atoms with Gasteiger partial charge in [-0.3, -0.25) is 9.59 Å². The first-order valence-electron chi connectivity index (χ1n) is 8.18. The van der Waals surface area contributed by atoms with Gasteiger partial charge in [-0.05, 0) is 38.0 Å². The Morgan fingerprint density at radius 2 is 2.00 bits per heavy atom. The van der Waals surface area contributed by atoms with E-state index in [2.05, 4.69) is 12.2 Å². The minimum Gasteiger partial charge on any atom is -0.481 e. The molecule has 2 fully saturated rings. The molecule has 2 N–H and O–H groups in total. The number of hydrogen-bond acceptors (Lipinski definition) is 3. The fourth-order valence-corrected chi connectivity index (χ4v) is 3.31. The van der Waals surface area contributed by atoms with Crippen molar-refractivity contribution in [2.75, 3.05) is 0 Å². The second kappa shape index (κ2) is 7.25. The predicted molar refractivity (Wildman–Crippen MR) is 78.9 cm³/mol. The van der Waals surface area contributed by atoms with Crippen LogP contribution < -0.4 is 5.32 Å². The van der Waals surface area contributed by atoms with Crippen LogP contribution in [0.25, 0.3) is 0 Å². The third-order valence-corrected chi connectivity index (χ3v) is 4.74. The molecule has 0 radical (unpaired) electrons. The molecule has 5 nitrogen and oxygen atoms in total. The minimum atomic E-state index is -0.764. The maximum absolute atomic E-state index is 12.2. The fraction of sp³-hybridized carbons (Fsp3) is 0.875. The van der Waals surface area contributed by atoms with Gasteiger partial charge in [0.05, 0.1) is 12.0 Å². The van der Waals surface area contributed by atoms with E-state index in [-0.39, 0.29) is 24.0 Å². The van der Waals surface area contributed by atoms with Gasteiger partial charge in [0, 0.05) is 6.04 Å². The molecule has 5 heteroatoms. The molecule has 1 amide bonds. The van der Waals surface area contributed by atoms with Crippen LogP contribution in [0.3, 0.4) is 0 Å². The third kappa shape index (κ3) is 4.43. The molecule has 2 saturated carbocycles. The summed E-state index contributed by atoms with van der Waals surface area (Å²) < 4.78 is 5.99. The quantitative estimate of drug-likeness (QED) is 0.789. The average Bonchev–Trinajstić information content (AvgIpc) is 2.39. The first-order chi connectivity index (χ1) is 9.99. The zero-order chi connectivity index (χ0) is 15.4. The van der Waals surface area contributed by atoms with E-state index < -0.39 is 12.1 Å². The molecule has 3 atom stereocenters. The van der Waals surface area contributed by atoms with E-state index in [9.17, 15) is 9.59 Å². The van der Waals surface area contributed by atoms with E-state index in [0.29, 0.717) is 25.2 Å². The Morgan fingerprint density at radius 3 is 2.57 bits per heavy atom. The summed E-state index contributed by atoms with van der Waals surface area (Å²) in [4.78, 5) is 23.0. The minimum absolute atomic E-state index is 0.00142. The molecular weight excluding hydrogens is 270 g/mol. The monoisotopic (exact) mass is 297 g/mol. The lowest BCUT2D eigenvalue weighted by molar-refractivity contribution is -0.148. The van der Waals surface area contributed by atoms with E-state index in [1.807, 2.05) is 6.92 Å². The molecule has 0 aromatic heterocycles. The summed E-state index contributed by atoms with van der Waals surface area (Å²) in [5.74, 6) is -0.465. The molecule has 0 spiro atoms. The summed E-state index contributed by atoms with van der Waals surface area (Å²) >= 11 is 0. The Bertz CT molecular complexity index is 378. The van der Waals surface area contributed by atoms with E-state index in [0.717, 1.165) is 12.8 Å². The highest BCUT2D eigenvalue weighted by atomic mass is 16.5. The number of carbonyl (C=O) groups is 2. The molecule has 21 heavy (non-hydrogen) atoms. The van der Waals surface area contributed by atoms with Gasteiger partial charge in [0.15, 0.2) is 0 Å². The van der Waals surface area contributed by atoms with Crippen molar-refractivity contribution in [1.82, 2.24) is 5.32 Å². The number of aliphatic carboxylic acids is 1. The zero-order valence-electron chi connectivity index (χ0n) is 13.0. The topological polar surface area (TPSA) is 75.6 Å². The molecule has 0 aromatic carbocycles. The summed E-state index contributed by atoms with van der Waals surface area (Å²) in [6.45, 7) is 4.19. The van der Waals surface area contributed by atoms with Gasteiger partial charge in [-0.15, -0.1) is 0 Å². The van der Waals surface area contributed by atoms with Gasteiger partial charge < -0.3 is 15.2 Å². The maximum Gasteiger partial charge on any atom is 0.306 e. The van der Waals surface area contributed by atoms with Crippen LogP contribution in [-0.2, 0) is 14.3 Å². The third-order valence-electron chi connectivity index (χ3n) is 4.74. The second-order valence-electron chi connectivity index (χ2n) is 6.64. The number of rotatable bonds is 6. The number of carboxylic acid groups (broad SMARTS) is 1. The number of hydrogen-bond donors (Lipinski definition) is 2. The van der Waals surface area contributed by atoms with Crippen molar-refractivity contribution in [3.05, 3.63) is 0 Å². The van der Waals surface area contributed by atoms with Crippen LogP contribution in [0.15, 0.2) is 0 Å². The lowest BCUT2D eigenvalue weighted by Crippen LogP contribution is -2.50. The summed E-state index contributed by atoms with van der Waals surface area (Å²) in [6.07, 6.45) is 6.03. The van der Waals surface area contributed by atoms with Gasteiger partial charge >= 0.3 is 5.97 Å². The van der Waals surface area contributed by atoms with Crippen molar-refractivity contribution in [3.63, 3.8) is 0 Å². The molecule has 0 heterocycles. The standard InChI is InChI=1S/C16H27NO4/c1-3-14(21-13-6-4-5-10(2)7-13)15(18)17-12-8-11(9-12)16(19)20/h10-14H,3-9H2,1-2H3,(H,17,18)(H,19,20). The summed E-state index contributed by atoms with van der Waals surface area (Å²) in [6, 6.07) is 0.00142. The summed E-state index contributed by atoms with van der Waals surface area (Å²) in [7, 11) is 0. The highest BCUT2D eigenvalue weighted by Crippen LogP contribution is 2.29. The van der Waals surface area contributed by atoms with Crippen molar-refractivity contribution < 1.29 is 19.4 Å². The summed E-state index contributed by atoms with van der Waals surface area (Å²) in [5, 5.41) is 11.8. The SMILES string of the molecule is CCC(OC1CCCC(C)C1)C(=O)NC1CC(C(=O)O)C1. The molecule has 0 aromatic rings. The molecule has 2 aliphatic carbocycles. The van der Waals surface area contributed by atoms with Gasteiger partial charge in [0.25, 0.3) is 0 Å². The van der Waals surface area contributed by atoms with Gasteiger partial charge in [-0.25, -0.2) is 0 Å². The van der Waals surface area contributed by atoms with Gasteiger partial charge in [-0.2, -0.15) is 0 Å². The van der Waals surface area contributed by atoms with Crippen LogP contribution >= 0.6 is 0 Å². The Labute approximate surface area is 126 Å². The number of carbonyl (C=O) groups excluding carboxylic acids is 1. The van der Waals surface area contributed by atoms with Crippen molar-refractivity contribution in [1.29, 1.82) is 0 Å². The zero-order valence-corrected chi connectivity index (χ0v) is 13.0. The normalized spacial score (nSPS) is 33.8. The van der Waals surface area contributed by atoms with Crippen molar-refractivity contribution >= 4 is 11.9 Å². The second-order valence-corrected chi connectivity index (χ2v) is 6.64. The van der Waals surface area contributed by atoms with Gasteiger partial charge in [-0.1, -0.05) is 26.7 Å². The number of amides is 1. The number of carboxylic acids is 1. The van der Waals surface area contributed by atoms with Crippen molar-refractivity contribution in [3.8, 4) is 0 Å². The van der Waals surface area contributed by atoms with Crippen LogP contribution in [0.2, 0.25) is 0 Å². The van der Waals surface area contributed by atoms with E-state index in [4.69, 9.17) is 9.84 Å². The number of nitrogens with one attached hydrogen (secondary N) is 1. The Hall–Kier alpha value is -1.10. The van der Waals surface area contributed by atoms with Crippen molar-refractivity contribution in [2.24, 2.45) is 11.8 Å². The maximum atomic E-state index is 12.2. The highest BCUT2D eigenvalue weighted by molar-refractivity contribution is 5.81. The molecule has 2 aliphatic rings. The smallest absolute Gasteiger partial charge is 0.306 e. The summed E-state index contributed by atoms with van der Waals surface area (Å²) in [5.41, 5.74) is 0. The predicted octanol–water partition coefficient (Wildman–Crippen LogP) is 2.34. The van der Waals surface area contributed by atoms with Gasteiger partial charge in [0.1, 0.15) is 6.10 Å². The fourth-order valence-electron chi connectivity index (χ4n) is 3.31. The molecule has 3 unspecified atom stereocenters. The molecular formula is C16H27NO4. The lowest BCUT2D eigenvalue weighted by atomic mass is 9.80. The molecule has 120 valence electrons. The Balaban J connectivity index is 1.75. The van der Waals surface area contributed by atoms with Gasteiger partial charge in [0.2, 0.25) is 5.91 Å². The molecule has 2 rings (SSSR count). The van der Waals surface area contributed by atoms with Crippen LogP contribution in [-0.4, -0.2) is 35.2 Å². The van der Waals surface area contributed by atoms with Crippen molar-refractivity contribution in [2.45, 2.75) is 77.0 Å². The first kappa shape index (κ1) is 16.3.